The second-order valence-electron chi connectivity index (χ2n) is 4.00. The Hall–Kier alpha value is -1.43. The second-order valence-corrected chi connectivity index (χ2v) is 4.92. The Morgan fingerprint density at radius 3 is 2.94 bits per heavy atom. The third-order valence-electron chi connectivity index (χ3n) is 2.75. The van der Waals surface area contributed by atoms with Crippen molar-refractivity contribution in [1.29, 1.82) is 0 Å². The maximum absolute atomic E-state index is 11.0. The summed E-state index contributed by atoms with van der Waals surface area (Å²) in [4.78, 5) is 16.7. The zero-order valence-corrected chi connectivity index (χ0v) is 11.0. The molecule has 2 heterocycles. The molecule has 0 unspecified atom stereocenters. The van der Waals surface area contributed by atoms with Crippen molar-refractivity contribution in [1.82, 2.24) is 4.98 Å². The largest absolute Gasteiger partial charge is 0.347 e. The minimum absolute atomic E-state index is 0.0485. The van der Waals surface area contributed by atoms with Gasteiger partial charge in [-0.25, -0.2) is 4.98 Å². The van der Waals surface area contributed by atoms with E-state index in [2.05, 4.69) is 33.9 Å². The molecule has 0 aromatic carbocycles. The van der Waals surface area contributed by atoms with Gasteiger partial charge in [-0.3, -0.25) is 10.1 Å². The Balaban J connectivity index is 2.35. The predicted molar refractivity (Wildman–Crippen MR) is 69.2 cm³/mol. The third-order valence-corrected chi connectivity index (χ3v) is 3.18. The molecule has 2 rings (SSSR count). The van der Waals surface area contributed by atoms with Crippen LogP contribution in [0.15, 0.2) is 28.4 Å². The van der Waals surface area contributed by atoms with Gasteiger partial charge < -0.3 is 4.90 Å². The molecule has 1 aromatic heterocycles. The standard InChI is InChI=1S/C11H12BrN3O2/c1-8-2-4-14(5-3-8)11-10(15(16)17)6-9(12)7-13-11/h2,6-7H,3-5H2,1H3. The van der Waals surface area contributed by atoms with Crippen LogP contribution in [-0.4, -0.2) is 23.0 Å². The van der Waals surface area contributed by atoms with E-state index in [-0.39, 0.29) is 5.69 Å². The van der Waals surface area contributed by atoms with Gasteiger partial charge in [0.2, 0.25) is 5.82 Å². The van der Waals surface area contributed by atoms with E-state index in [1.807, 2.05) is 4.90 Å². The average Bonchev–Trinajstić information content (AvgIpc) is 2.30. The van der Waals surface area contributed by atoms with Gasteiger partial charge in [-0.1, -0.05) is 11.6 Å². The predicted octanol–water partition coefficient (Wildman–Crippen LogP) is 2.91. The summed E-state index contributed by atoms with van der Waals surface area (Å²) in [7, 11) is 0. The van der Waals surface area contributed by atoms with E-state index in [4.69, 9.17) is 0 Å². The summed E-state index contributed by atoms with van der Waals surface area (Å²) in [5.74, 6) is 0.446. The summed E-state index contributed by atoms with van der Waals surface area (Å²) in [6, 6.07) is 1.49. The maximum atomic E-state index is 11.0. The molecule has 1 aromatic rings. The van der Waals surface area contributed by atoms with Crippen LogP contribution in [0.1, 0.15) is 13.3 Å². The highest BCUT2D eigenvalue weighted by molar-refractivity contribution is 9.10. The van der Waals surface area contributed by atoms with Crippen molar-refractivity contribution in [3.05, 3.63) is 38.5 Å². The van der Waals surface area contributed by atoms with Crippen LogP contribution in [0.2, 0.25) is 0 Å². The second kappa shape index (κ2) is 4.83. The molecule has 0 aliphatic carbocycles. The molecule has 0 N–H and O–H groups in total. The Bertz CT molecular complexity index is 488. The minimum Gasteiger partial charge on any atom is -0.347 e. The zero-order valence-electron chi connectivity index (χ0n) is 9.39. The first-order valence-corrected chi connectivity index (χ1v) is 6.08. The van der Waals surface area contributed by atoms with Crippen LogP contribution in [0.3, 0.4) is 0 Å². The number of pyridine rings is 1. The average molecular weight is 298 g/mol. The van der Waals surface area contributed by atoms with Crippen LogP contribution in [0, 0.1) is 10.1 Å². The molecule has 5 nitrogen and oxygen atoms in total. The summed E-state index contributed by atoms with van der Waals surface area (Å²) in [5, 5.41) is 11.0. The van der Waals surface area contributed by atoms with Crippen LogP contribution in [0.25, 0.3) is 0 Å². The highest BCUT2D eigenvalue weighted by Gasteiger charge is 2.22. The monoisotopic (exact) mass is 297 g/mol. The molecule has 17 heavy (non-hydrogen) atoms. The Morgan fingerprint density at radius 1 is 1.59 bits per heavy atom. The van der Waals surface area contributed by atoms with Gasteiger partial charge in [-0.15, -0.1) is 0 Å². The molecular weight excluding hydrogens is 286 g/mol. The smallest absolute Gasteiger partial charge is 0.312 e. The lowest BCUT2D eigenvalue weighted by atomic mass is 10.1. The number of anilines is 1. The highest BCUT2D eigenvalue weighted by atomic mass is 79.9. The van der Waals surface area contributed by atoms with Gasteiger partial charge in [0, 0.05) is 29.8 Å². The first-order valence-electron chi connectivity index (χ1n) is 5.28. The van der Waals surface area contributed by atoms with E-state index in [1.165, 1.54) is 11.6 Å². The van der Waals surface area contributed by atoms with E-state index in [1.54, 1.807) is 6.20 Å². The fourth-order valence-electron chi connectivity index (χ4n) is 1.76. The number of hydrogen-bond donors (Lipinski definition) is 0. The molecule has 0 bridgehead atoms. The Labute approximate surface area is 107 Å². The number of nitro groups is 1. The topological polar surface area (TPSA) is 59.3 Å². The van der Waals surface area contributed by atoms with E-state index in [0.29, 0.717) is 16.8 Å². The summed E-state index contributed by atoms with van der Waals surface area (Å²) in [6.45, 7) is 3.53. The van der Waals surface area contributed by atoms with Gasteiger partial charge in [0.15, 0.2) is 0 Å². The van der Waals surface area contributed by atoms with Crippen LogP contribution >= 0.6 is 15.9 Å². The number of halogens is 1. The SMILES string of the molecule is CC1=CCN(c2ncc(Br)cc2[N+](=O)[O-])CC1. The molecule has 0 atom stereocenters. The van der Waals surface area contributed by atoms with Crippen molar-refractivity contribution in [2.45, 2.75) is 13.3 Å². The van der Waals surface area contributed by atoms with Crippen molar-refractivity contribution in [2.75, 3.05) is 18.0 Å². The number of rotatable bonds is 2. The highest BCUT2D eigenvalue weighted by Crippen LogP contribution is 2.29. The van der Waals surface area contributed by atoms with E-state index in [0.717, 1.165) is 13.0 Å². The van der Waals surface area contributed by atoms with Gasteiger partial charge >= 0.3 is 5.69 Å². The third kappa shape index (κ3) is 2.63. The van der Waals surface area contributed by atoms with Crippen molar-refractivity contribution in [3.8, 4) is 0 Å². The number of hydrogen-bond acceptors (Lipinski definition) is 4. The van der Waals surface area contributed by atoms with Gasteiger partial charge in [0.05, 0.1) is 4.92 Å². The van der Waals surface area contributed by atoms with Gasteiger partial charge in [0.25, 0.3) is 0 Å². The van der Waals surface area contributed by atoms with E-state index < -0.39 is 4.92 Å². The quantitative estimate of drug-likeness (QED) is 0.478. The lowest BCUT2D eigenvalue weighted by Crippen LogP contribution is -2.29. The molecule has 0 fully saturated rings. The number of aromatic nitrogens is 1. The molecule has 0 spiro atoms. The number of nitrogens with zero attached hydrogens (tertiary/aromatic N) is 3. The van der Waals surface area contributed by atoms with Crippen molar-refractivity contribution < 1.29 is 4.92 Å². The van der Waals surface area contributed by atoms with Crippen LogP contribution in [0.4, 0.5) is 11.5 Å². The fraction of sp³-hybridized carbons (Fsp3) is 0.364. The molecule has 0 saturated heterocycles. The van der Waals surface area contributed by atoms with E-state index in [9.17, 15) is 10.1 Å². The van der Waals surface area contributed by atoms with Crippen molar-refractivity contribution in [2.24, 2.45) is 0 Å². The van der Waals surface area contributed by atoms with Gasteiger partial charge in [-0.05, 0) is 29.3 Å². The van der Waals surface area contributed by atoms with Crippen LogP contribution in [0.5, 0.6) is 0 Å². The fourth-order valence-corrected chi connectivity index (χ4v) is 2.08. The van der Waals surface area contributed by atoms with Crippen molar-refractivity contribution in [3.63, 3.8) is 0 Å². The molecule has 0 radical (unpaired) electrons. The van der Waals surface area contributed by atoms with Crippen LogP contribution < -0.4 is 4.90 Å². The first kappa shape index (κ1) is 12.0. The maximum Gasteiger partial charge on any atom is 0.312 e. The van der Waals surface area contributed by atoms with E-state index >= 15 is 0 Å². The Kier molecular flexibility index (Phi) is 3.42. The van der Waals surface area contributed by atoms with Crippen molar-refractivity contribution >= 4 is 27.4 Å². The summed E-state index contributed by atoms with van der Waals surface area (Å²) >= 11 is 3.20. The lowest BCUT2D eigenvalue weighted by molar-refractivity contribution is -0.384. The molecule has 1 aliphatic rings. The van der Waals surface area contributed by atoms with Gasteiger partial charge in [0.1, 0.15) is 0 Å². The van der Waals surface area contributed by atoms with Gasteiger partial charge in [-0.2, -0.15) is 0 Å². The van der Waals surface area contributed by atoms with Crippen LogP contribution in [-0.2, 0) is 0 Å². The first-order chi connectivity index (χ1) is 8.08. The summed E-state index contributed by atoms with van der Waals surface area (Å²) in [6.07, 6.45) is 4.60. The molecule has 0 amide bonds. The molecule has 0 saturated carbocycles. The minimum atomic E-state index is -0.391. The summed E-state index contributed by atoms with van der Waals surface area (Å²) < 4.78 is 0.622. The molecule has 90 valence electrons. The lowest BCUT2D eigenvalue weighted by Gasteiger charge is -2.25. The molecule has 6 heteroatoms. The Morgan fingerprint density at radius 2 is 2.35 bits per heavy atom. The molecule has 1 aliphatic heterocycles. The molecular formula is C11H12BrN3O2. The summed E-state index contributed by atoms with van der Waals surface area (Å²) in [5.41, 5.74) is 1.37. The normalized spacial score (nSPS) is 15.6. The zero-order chi connectivity index (χ0) is 12.4.